The largest absolute Gasteiger partial charge is 0.336 e. The summed E-state index contributed by atoms with van der Waals surface area (Å²) in [6.07, 6.45) is 8.47. The van der Waals surface area contributed by atoms with Gasteiger partial charge in [0.05, 0.1) is 0 Å². The van der Waals surface area contributed by atoms with Crippen LogP contribution < -0.4 is 10.6 Å². The fraction of sp³-hybridized carbons (Fsp3) is 0.933. The summed E-state index contributed by atoms with van der Waals surface area (Å²) in [6, 6.07) is 1.29. The molecule has 0 radical (unpaired) electrons. The number of amides is 2. The number of carbonyl (C=O) groups is 1. The van der Waals surface area contributed by atoms with E-state index in [1.807, 2.05) is 13.8 Å². The van der Waals surface area contributed by atoms with Gasteiger partial charge in [-0.1, -0.05) is 19.3 Å². The van der Waals surface area contributed by atoms with E-state index >= 15 is 0 Å². The molecular weight excluding hydrogens is 238 g/mol. The molecule has 1 saturated carbocycles. The Labute approximate surface area is 117 Å². The van der Waals surface area contributed by atoms with Crippen LogP contribution >= 0.6 is 0 Å². The predicted octanol–water partition coefficient (Wildman–Crippen LogP) is 2.49. The van der Waals surface area contributed by atoms with Crippen molar-refractivity contribution in [1.82, 2.24) is 15.5 Å². The summed E-state index contributed by atoms with van der Waals surface area (Å²) in [5, 5.41) is 6.50. The predicted molar refractivity (Wildman–Crippen MR) is 78.3 cm³/mol. The molecule has 2 N–H and O–H groups in total. The third-order valence-corrected chi connectivity index (χ3v) is 4.32. The summed E-state index contributed by atoms with van der Waals surface area (Å²) in [4.78, 5) is 14.7. The van der Waals surface area contributed by atoms with Crippen molar-refractivity contribution in [2.24, 2.45) is 0 Å². The Morgan fingerprint density at radius 2 is 1.63 bits per heavy atom. The average Bonchev–Trinajstić information content (AvgIpc) is 2.40. The highest BCUT2D eigenvalue weighted by Crippen LogP contribution is 2.26. The van der Waals surface area contributed by atoms with E-state index in [4.69, 9.17) is 0 Å². The van der Waals surface area contributed by atoms with Gasteiger partial charge in [-0.3, -0.25) is 0 Å². The molecule has 1 heterocycles. The Balaban J connectivity index is 2.04. The van der Waals surface area contributed by atoms with Gasteiger partial charge in [-0.05, 0) is 52.6 Å². The monoisotopic (exact) mass is 267 g/mol. The van der Waals surface area contributed by atoms with Crippen molar-refractivity contribution in [2.75, 3.05) is 13.1 Å². The van der Waals surface area contributed by atoms with Gasteiger partial charge in [-0.15, -0.1) is 0 Å². The third-order valence-electron chi connectivity index (χ3n) is 4.32. The van der Waals surface area contributed by atoms with Gasteiger partial charge in [-0.25, -0.2) is 4.79 Å². The summed E-state index contributed by atoms with van der Waals surface area (Å²) in [5.74, 6) is 0. The molecule has 2 amide bonds. The molecule has 4 heteroatoms. The van der Waals surface area contributed by atoms with Crippen LogP contribution in [0.1, 0.15) is 58.8 Å². The Morgan fingerprint density at radius 1 is 1.05 bits per heavy atom. The topological polar surface area (TPSA) is 44.4 Å². The van der Waals surface area contributed by atoms with Gasteiger partial charge in [0.1, 0.15) is 0 Å². The van der Waals surface area contributed by atoms with E-state index in [-0.39, 0.29) is 12.1 Å². The summed E-state index contributed by atoms with van der Waals surface area (Å²) < 4.78 is 0. The first kappa shape index (κ1) is 14.6. The van der Waals surface area contributed by atoms with E-state index in [2.05, 4.69) is 15.5 Å². The second-order valence-corrected chi connectivity index (χ2v) is 6.28. The lowest BCUT2D eigenvalue weighted by Gasteiger charge is -2.42. The molecule has 1 aliphatic carbocycles. The number of piperidine rings is 1. The number of hydrogen-bond donors (Lipinski definition) is 2. The molecule has 19 heavy (non-hydrogen) atoms. The summed E-state index contributed by atoms with van der Waals surface area (Å²) >= 11 is 0. The molecule has 4 nitrogen and oxygen atoms in total. The molecule has 0 atom stereocenters. The fourth-order valence-electron chi connectivity index (χ4n) is 3.40. The van der Waals surface area contributed by atoms with E-state index < -0.39 is 0 Å². The Kier molecular flexibility index (Phi) is 5.49. The molecular formula is C15H29N3O. The molecule has 110 valence electrons. The second kappa shape index (κ2) is 7.13. The van der Waals surface area contributed by atoms with Crippen LogP contribution in [0.15, 0.2) is 0 Å². The van der Waals surface area contributed by atoms with Gasteiger partial charge in [0.15, 0.2) is 0 Å². The van der Waals surface area contributed by atoms with E-state index in [0.717, 1.165) is 25.9 Å². The maximum absolute atomic E-state index is 12.5. The minimum absolute atomic E-state index is 0.161. The lowest BCUT2D eigenvalue weighted by Crippen LogP contribution is -2.55. The van der Waals surface area contributed by atoms with Gasteiger partial charge < -0.3 is 15.5 Å². The van der Waals surface area contributed by atoms with Crippen molar-refractivity contribution >= 4 is 6.03 Å². The zero-order valence-corrected chi connectivity index (χ0v) is 12.5. The Bertz CT molecular complexity index is 263. The van der Waals surface area contributed by atoms with Crippen LogP contribution in [0.2, 0.25) is 0 Å². The van der Waals surface area contributed by atoms with Crippen molar-refractivity contribution in [2.45, 2.75) is 76.9 Å². The van der Waals surface area contributed by atoms with Crippen molar-refractivity contribution in [1.29, 1.82) is 0 Å². The Hall–Kier alpha value is -0.770. The fourth-order valence-corrected chi connectivity index (χ4v) is 3.40. The number of urea groups is 1. The first-order chi connectivity index (χ1) is 9.18. The van der Waals surface area contributed by atoms with E-state index in [9.17, 15) is 4.79 Å². The van der Waals surface area contributed by atoms with Crippen LogP contribution in [-0.4, -0.2) is 42.1 Å². The van der Waals surface area contributed by atoms with Crippen LogP contribution in [0.3, 0.4) is 0 Å². The number of hydrogen-bond acceptors (Lipinski definition) is 2. The van der Waals surface area contributed by atoms with Gasteiger partial charge in [0.25, 0.3) is 0 Å². The minimum Gasteiger partial charge on any atom is -0.336 e. The summed E-state index contributed by atoms with van der Waals surface area (Å²) in [5.41, 5.74) is 0. The van der Waals surface area contributed by atoms with Crippen molar-refractivity contribution < 1.29 is 4.79 Å². The first-order valence-corrected chi connectivity index (χ1v) is 7.98. The van der Waals surface area contributed by atoms with E-state index in [0.29, 0.717) is 12.1 Å². The zero-order chi connectivity index (χ0) is 13.7. The van der Waals surface area contributed by atoms with Gasteiger partial charge in [0.2, 0.25) is 0 Å². The molecule has 1 aliphatic heterocycles. The van der Waals surface area contributed by atoms with Crippen LogP contribution in [-0.2, 0) is 0 Å². The van der Waals surface area contributed by atoms with Crippen LogP contribution in [0, 0.1) is 0 Å². The lowest BCUT2D eigenvalue weighted by molar-refractivity contribution is 0.106. The molecule has 2 aliphatic rings. The second-order valence-electron chi connectivity index (χ2n) is 6.28. The molecule has 0 aromatic rings. The Morgan fingerprint density at radius 3 is 2.21 bits per heavy atom. The molecule has 2 rings (SSSR count). The number of rotatable bonds is 3. The third kappa shape index (κ3) is 4.10. The lowest BCUT2D eigenvalue weighted by atomic mass is 9.91. The quantitative estimate of drug-likeness (QED) is 0.825. The van der Waals surface area contributed by atoms with E-state index in [1.54, 1.807) is 0 Å². The number of carbonyl (C=O) groups excluding carboxylic acids is 1. The molecule has 0 aromatic heterocycles. The number of nitrogens with one attached hydrogen (secondary N) is 2. The standard InChI is InChI=1S/C15H29N3O/c1-12(2)17-15(19)18(13-6-4-3-5-7-13)14-8-10-16-11-9-14/h12-14,16H,3-11H2,1-2H3,(H,17,19). The number of nitrogens with zero attached hydrogens (tertiary/aromatic N) is 1. The van der Waals surface area contributed by atoms with Gasteiger partial charge >= 0.3 is 6.03 Å². The van der Waals surface area contributed by atoms with Crippen LogP contribution in [0.4, 0.5) is 4.79 Å². The summed E-state index contributed by atoms with van der Waals surface area (Å²) in [7, 11) is 0. The zero-order valence-electron chi connectivity index (χ0n) is 12.5. The van der Waals surface area contributed by atoms with Crippen molar-refractivity contribution in [3.8, 4) is 0 Å². The molecule has 1 saturated heterocycles. The van der Waals surface area contributed by atoms with Crippen LogP contribution in [0.25, 0.3) is 0 Å². The first-order valence-electron chi connectivity index (χ1n) is 7.98. The SMILES string of the molecule is CC(C)NC(=O)N(C1CCCCC1)C1CCNCC1. The molecule has 0 unspecified atom stereocenters. The normalized spacial score (nSPS) is 22.5. The van der Waals surface area contributed by atoms with Crippen LogP contribution in [0.5, 0.6) is 0 Å². The van der Waals surface area contributed by atoms with Gasteiger partial charge in [-0.2, -0.15) is 0 Å². The highest BCUT2D eigenvalue weighted by molar-refractivity contribution is 5.75. The highest BCUT2D eigenvalue weighted by atomic mass is 16.2. The van der Waals surface area contributed by atoms with Gasteiger partial charge in [0, 0.05) is 18.1 Å². The van der Waals surface area contributed by atoms with Crippen molar-refractivity contribution in [3.05, 3.63) is 0 Å². The molecule has 0 spiro atoms. The molecule has 0 bridgehead atoms. The maximum Gasteiger partial charge on any atom is 0.318 e. The van der Waals surface area contributed by atoms with E-state index in [1.165, 1.54) is 32.1 Å². The average molecular weight is 267 g/mol. The van der Waals surface area contributed by atoms with Crippen molar-refractivity contribution in [3.63, 3.8) is 0 Å². The smallest absolute Gasteiger partial charge is 0.318 e. The highest BCUT2D eigenvalue weighted by Gasteiger charge is 2.32. The maximum atomic E-state index is 12.5. The summed E-state index contributed by atoms with van der Waals surface area (Å²) in [6.45, 7) is 6.17. The molecule has 2 fully saturated rings. The molecule has 0 aromatic carbocycles. The minimum atomic E-state index is 0.161.